The van der Waals surface area contributed by atoms with Crippen molar-refractivity contribution in [3.05, 3.63) is 29.8 Å². The highest BCUT2D eigenvalue weighted by Crippen LogP contribution is 2.11. The van der Waals surface area contributed by atoms with Crippen LogP contribution in [0.5, 0.6) is 0 Å². The second-order valence-electron chi connectivity index (χ2n) is 2.81. The van der Waals surface area contributed by atoms with Gasteiger partial charge in [-0.3, -0.25) is 9.98 Å². The molecule has 7 heteroatoms. The molecule has 0 amide bonds. The Bertz CT molecular complexity index is 377. The average Bonchev–Trinajstić information content (AvgIpc) is 2.19. The molecule has 0 aliphatic heterocycles. The van der Waals surface area contributed by atoms with Crippen LogP contribution in [0.25, 0.3) is 0 Å². The summed E-state index contributed by atoms with van der Waals surface area (Å²) in [7, 11) is 0. The van der Waals surface area contributed by atoms with Crippen molar-refractivity contribution in [1.29, 1.82) is 0 Å². The zero-order valence-electron chi connectivity index (χ0n) is 8.10. The first-order chi connectivity index (χ1) is 7.08. The molecule has 0 spiro atoms. The first-order valence-electron chi connectivity index (χ1n) is 4.11. The van der Waals surface area contributed by atoms with Crippen LogP contribution in [-0.4, -0.2) is 14.7 Å². The van der Waals surface area contributed by atoms with Crippen LogP contribution in [0.1, 0.15) is 5.56 Å². The number of hydrazine groups is 1. The Morgan fingerprint density at radius 2 is 2.07 bits per heavy atom. The second kappa shape index (κ2) is 5.44. The molecule has 0 saturated heterocycles. The number of hydrogen-bond acceptors (Lipinski definition) is 2. The van der Waals surface area contributed by atoms with Crippen molar-refractivity contribution < 1.29 is 8.76 Å². The summed E-state index contributed by atoms with van der Waals surface area (Å²) in [6, 6.07) is 7.37. The second-order valence-corrected chi connectivity index (χ2v) is 3.51. The van der Waals surface area contributed by atoms with Gasteiger partial charge < -0.3 is 5.73 Å². The number of nitrogens with one attached hydrogen (secondary N) is 2. The molecule has 0 heterocycles. The van der Waals surface area contributed by atoms with Crippen molar-refractivity contribution >= 4 is 22.9 Å². The van der Waals surface area contributed by atoms with E-state index < -0.39 is 11.3 Å². The van der Waals surface area contributed by atoms with Gasteiger partial charge in [0.25, 0.3) is 11.3 Å². The van der Waals surface area contributed by atoms with Crippen LogP contribution in [0.15, 0.2) is 29.3 Å². The predicted molar refractivity (Wildman–Crippen MR) is 59.5 cm³/mol. The molecule has 0 saturated carbocycles. The van der Waals surface area contributed by atoms with Crippen molar-refractivity contribution in [2.24, 2.45) is 10.7 Å². The standard InChI is InChI=1S/C8H12N4O2S/c1-6-2-4-7(5-3-6)10-8(9)11-12-15(13)14/h2-5,12H,1H3,(H,13,14)(H3,9,10,11). The summed E-state index contributed by atoms with van der Waals surface area (Å²) in [6.07, 6.45) is 0. The highest BCUT2D eigenvalue weighted by atomic mass is 32.2. The number of benzene rings is 1. The molecule has 1 aromatic carbocycles. The SMILES string of the molecule is Cc1ccc(N=C(N)NNS(=O)O)cc1. The largest absolute Gasteiger partial charge is 0.369 e. The normalized spacial score (nSPS) is 13.6. The summed E-state index contributed by atoms with van der Waals surface area (Å²) in [6.45, 7) is 1.96. The number of guanidine groups is 1. The first kappa shape index (κ1) is 11.6. The molecule has 0 radical (unpaired) electrons. The molecule has 82 valence electrons. The Kier molecular flexibility index (Phi) is 4.22. The number of nitrogens with zero attached hydrogens (tertiary/aromatic N) is 1. The lowest BCUT2D eigenvalue weighted by Gasteiger charge is -2.03. The highest BCUT2D eigenvalue weighted by molar-refractivity contribution is 7.77. The van der Waals surface area contributed by atoms with E-state index in [1.807, 2.05) is 23.9 Å². The molecule has 15 heavy (non-hydrogen) atoms. The van der Waals surface area contributed by atoms with Crippen LogP contribution in [-0.2, 0) is 11.3 Å². The average molecular weight is 228 g/mol. The minimum absolute atomic E-state index is 0.0150. The summed E-state index contributed by atoms with van der Waals surface area (Å²) in [5, 5.41) is 0. The monoisotopic (exact) mass is 228 g/mol. The zero-order chi connectivity index (χ0) is 11.3. The van der Waals surface area contributed by atoms with Gasteiger partial charge in [0.15, 0.2) is 0 Å². The molecule has 1 atom stereocenters. The fourth-order valence-electron chi connectivity index (χ4n) is 0.882. The van der Waals surface area contributed by atoms with Gasteiger partial charge in [-0.05, 0) is 19.1 Å². The predicted octanol–water partition coefficient (Wildman–Crippen LogP) is 0.172. The summed E-state index contributed by atoms with van der Waals surface area (Å²) in [4.78, 5) is 5.95. The van der Waals surface area contributed by atoms with Crippen molar-refractivity contribution in [2.75, 3.05) is 0 Å². The quantitative estimate of drug-likeness (QED) is 0.256. The minimum Gasteiger partial charge on any atom is -0.369 e. The van der Waals surface area contributed by atoms with Crippen molar-refractivity contribution in [3.8, 4) is 0 Å². The third kappa shape index (κ3) is 4.54. The highest BCUT2D eigenvalue weighted by Gasteiger charge is 1.94. The van der Waals surface area contributed by atoms with Gasteiger partial charge in [0.05, 0.1) is 5.69 Å². The lowest BCUT2D eigenvalue weighted by Crippen LogP contribution is -2.42. The van der Waals surface area contributed by atoms with Gasteiger partial charge in [0.2, 0.25) is 5.96 Å². The number of hydrogen-bond donors (Lipinski definition) is 4. The van der Waals surface area contributed by atoms with Gasteiger partial charge in [-0.15, -0.1) is 4.83 Å². The van der Waals surface area contributed by atoms with Gasteiger partial charge in [-0.1, -0.05) is 17.7 Å². The topological polar surface area (TPSA) is 99.7 Å². The van der Waals surface area contributed by atoms with Crippen LogP contribution >= 0.6 is 0 Å². The molecular formula is C8H12N4O2S. The number of nitrogens with two attached hydrogens (primary N) is 1. The number of rotatable bonds is 3. The molecule has 5 N–H and O–H groups in total. The minimum atomic E-state index is -2.17. The summed E-state index contributed by atoms with van der Waals surface area (Å²) < 4.78 is 18.6. The van der Waals surface area contributed by atoms with Crippen LogP contribution in [0, 0.1) is 6.92 Å². The van der Waals surface area contributed by atoms with E-state index in [0.717, 1.165) is 5.56 Å². The maximum atomic E-state index is 10.2. The van der Waals surface area contributed by atoms with Crippen molar-refractivity contribution in [3.63, 3.8) is 0 Å². The number of aliphatic imine (C=N–C) groups is 1. The fourth-order valence-corrected chi connectivity index (χ4v) is 1.07. The molecule has 0 aromatic heterocycles. The summed E-state index contributed by atoms with van der Waals surface area (Å²) >= 11 is -2.17. The molecule has 1 rings (SSSR count). The van der Waals surface area contributed by atoms with Crippen LogP contribution in [0.3, 0.4) is 0 Å². The Morgan fingerprint density at radius 1 is 1.47 bits per heavy atom. The van der Waals surface area contributed by atoms with E-state index in [1.54, 1.807) is 12.1 Å². The lowest BCUT2D eigenvalue weighted by atomic mass is 10.2. The van der Waals surface area contributed by atoms with E-state index in [1.165, 1.54) is 0 Å². The van der Waals surface area contributed by atoms with E-state index in [0.29, 0.717) is 5.69 Å². The zero-order valence-corrected chi connectivity index (χ0v) is 8.91. The van der Waals surface area contributed by atoms with Gasteiger partial charge >= 0.3 is 0 Å². The van der Waals surface area contributed by atoms with E-state index in [-0.39, 0.29) is 5.96 Å². The van der Waals surface area contributed by atoms with Crippen LogP contribution in [0.2, 0.25) is 0 Å². The van der Waals surface area contributed by atoms with Gasteiger partial charge in [-0.25, -0.2) is 9.20 Å². The first-order valence-corrected chi connectivity index (χ1v) is 5.22. The Balaban J connectivity index is 2.62. The molecule has 6 nitrogen and oxygen atoms in total. The molecule has 0 bridgehead atoms. The Labute approximate surface area is 90.0 Å². The summed E-state index contributed by atoms with van der Waals surface area (Å²) in [5.41, 5.74) is 9.48. The maximum absolute atomic E-state index is 10.2. The van der Waals surface area contributed by atoms with Gasteiger partial charge in [-0.2, -0.15) is 0 Å². The smallest absolute Gasteiger partial charge is 0.250 e. The third-order valence-electron chi connectivity index (χ3n) is 1.55. The summed E-state index contributed by atoms with van der Waals surface area (Å²) in [5.74, 6) is 0.0150. The molecule has 0 fully saturated rings. The van der Waals surface area contributed by atoms with Crippen LogP contribution in [0.4, 0.5) is 5.69 Å². The van der Waals surface area contributed by atoms with E-state index in [9.17, 15) is 4.21 Å². The van der Waals surface area contributed by atoms with E-state index in [2.05, 4.69) is 10.4 Å². The van der Waals surface area contributed by atoms with Crippen molar-refractivity contribution in [2.45, 2.75) is 6.92 Å². The molecular weight excluding hydrogens is 216 g/mol. The maximum Gasteiger partial charge on any atom is 0.250 e. The lowest BCUT2D eigenvalue weighted by molar-refractivity contribution is 0.544. The van der Waals surface area contributed by atoms with E-state index >= 15 is 0 Å². The third-order valence-corrected chi connectivity index (χ3v) is 1.83. The number of aryl methyl sites for hydroxylation is 1. The van der Waals surface area contributed by atoms with Gasteiger partial charge in [0, 0.05) is 0 Å². The molecule has 1 aromatic rings. The molecule has 0 aliphatic rings. The Morgan fingerprint density at radius 3 is 2.60 bits per heavy atom. The van der Waals surface area contributed by atoms with Crippen molar-refractivity contribution in [1.82, 2.24) is 10.3 Å². The van der Waals surface area contributed by atoms with E-state index in [4.69, 9.17) is 10.3 Å². The molecule has 1 unspecified atom stereocenters. The molecule has 0 aliphatic carbocycles. The van der Waals surface area contributed by atoms with Gasteiger partial charge in [0.1, 0.15) is 0 Å². The van der Waals surface area contributed by atoms with Crippen LogP contribution < -0.4 is 16.0 Å². The Hall–Kier alpha value is -1.44. The fraction of sp³-hybridized carbons (Fsp3) is 0.125.